The summed E-state index contributed by atoms with van der Waals surface area (Å²) in [5.41, 5.74) is -2.33. The first-order chi connectivity index (χ1) is 16.8. The number of ether oxygens (including phenoxy) is 1. The van der Waals surface area contributed by atoms with Crippen LogP contribution in [0.25, 0.3) is 0 Å². The van der Waals surface area contributed by atoms with Gasteiger partial charge in [-0.2, -0.15) is 0 Å². The summed E-state index contributed by atoms with van der Waals surface area (Å²) in [7, 11) is 0. The van der Waals surface area contributed by atoms with E-state index in [1.165, 1.54) is 12.1 Å². The van der Waals surface area contributed by atoms with Gasteiger partial charge in [-0.15, -0.1) is 0 Å². The van der Waals surface area contributed by atoms with E-state index in [0.29, 0.717) is 16.5 Å². The van der Waals surface area contributed by atoms with Crippen molar-refractivity contribution in [2.45, 2.75) is 11.7 Å². The molecule has 0 unspecified atom stereocenters. The van der Waals surface area contributed by atoms with Gasteiger partial charge in [-0.1, -0.05) is 54.1 Å². The fraction of sp³-hybridized carbons (Fsp3) is 0.154. The van der Waals surface area contributed by atoms with Gasteiger partial charge in [-0.25, -0.2) is 13.7 Å². The lowest BCUT2D eigenvalue weighted by Crippen LogP contribution is -2.51. The van der Waals surface area contributed by atoms with Gasteiger partial charge in [0.15, 0.2) is 0 Å². The lowest BCUT2D eigenvalue weighted by Gasteiger charge is -2.27. The molecule has 0 aromatic heterocycles. The summed E-state index contributed by atoms with van der Waals surface area (Å²) < 4.78 is 34.3. The van der Waals surface area contributed by atoms with Crippen LogP contribution in [0.4, 0.5) is 14.5 Å². The van der Waals surface area contributed by atoms with E-state index in [1.807, 2.05) is 0 Å². The summed E-state index contributed by atoms with van der Waals surface area (Å²) in [6, 6.07) is 14.9. The van der Waals surface area contributed by atoms with Crippen LogP contribution in [0.2, 0.25) is 5.02 Å². The van der Waals surface area contributed by atoms with Crippen LogP contribution in [-0.2, 0) is 14.3 Å². The summed E-state index contributed by atoms with van der Waals surface area (Å²) in [5.74, 6) is -8.27. The van der Waals surface area contributed by atoms with Crippen molar-refractivity contribution in [2.75, 3.05) is 4.90 Å². The Morgan fingerprint density at radius 2 is 1.46 bits per heavy atom. The first-order valence-corrected chi connectivity index (χ1v) is 11.1. The Bertz CT molecular complexity index is 1450. The average molecular weight is 494 g/mol. The maximum absolute atomic E-state index is 14.7. The van der Waals surface area contributed by atoms with E-state index in [9.17, 15) is 28.0 Å². The zero-order chi connectivity index (χ0) is 24.6. The molecule has 1 aliphatic carbocycles. The number of ketones is 2. The fourth-order valence-electron chi connectivity index (χ4n) is 5.41. The number of imide groups is 1. The van der Waals surface area contributed by atoms with Crippen molar-refractivity contribution < 1.29 is 32.7 Å². The van der Waals surface area contributed by atoms with Gasteiger partial charge in [0, 0.05) is 27.8 Å². The Balaban J connectivity index is 1.57. The molecule has 6 rings (SSSR count). The SMILES string of the molecule is O=C1[C@@H]2[C@H](c3ccccc3Cl)OC3(C(=O)c4ccccc4C3=O)[C@H]2C(=O)N1c1ccc(F)cc1F. The molecule has 1 spiro atoms. The number of amides is 2. The summed E-state index contributed by atoms with van der Waals surface area (Å²) in [4.78, 5) is 55.3. The lowest BCUT2D eigenvalue weighted by atomic mass is 9.77. The number of carbonyl (C=O) groups is 4. The molecule has 0 saturated carbocycles. The summed E-state index contributed by atoms with van der Waals surface area (Å²) in [6.45, 7) is 0. The van der Waals surface area contributed by atoms with Crippen LogP contribution < -0.4 is 4.90 Å². The second-order valence-electron chi connectivity index (χ2n) is 8.61. The molecule has 2 aliphatic heterocycles. The minimum absolute atomic E-state index is 0.0720. The van der Waals surface area contributed by atoms with Crippen molar-refractivity contribution in [2.24, 2.45) is 11.8 Å². The van der Waals surface area contributed by atoms with E-state index in [2.05, 4.69) is 0 Å². The first kappa shape index (κ1) is 21.8. The van der Waals surface area contributed by atoms with E-state index in [0.717, 1.165) is 12.1 Å². The molecule has 0 N–H and O–H groups in total. The monoisotopic (exact) mass is 493 g/mol. The number of hydrogen-bond acceptors (Lipinski definition) is 5. The fourth-order valence-corrected chi connectivity index (χ4v) is 5.65. The molecule has 174 valence electrons. The van der Waals surface area contributed by atoms with Crippen molar-refractivity contribution in [3.8, 4) is 0 Å². The number of Topliss-reactive ketones (excluding diaryl/α,β-unsaturated/α-hetero) is 2. The van der Waals surface area contributed by atoms with Crippen molar-refractivity contribution in [1.29, 1.82) is 0 Å². The minimum Gasteiger partial charge on any atom is -0.349 e. The number of benzene rings is 3. The zero-order valence-corrected chi connectivity index (χ0v) is 18.5. The van der Waals surface area contributed by atoms with Crippen LogP contribution in [0.15, 0.2) is 66.7 Å². The van der Waals surface area contributed by atoms with Gasteiger partial charge in [0.2, 0.25) is 29.0 Å². The van der Waals surface area contributed by atoms with Gasteiger partial charge < -0.3 is 4.74 Å². The quantitative estimate of drug-likeness (QED) is 0.392. The van der Waals surface area contributed by atoms with Crippen LogP contribution in [0.1, 0.15) is 32.4 Å². The third-order valence-electron chi connectivity index (χ3n) is 6.88. The second kappa shape index (κ2) is 7.37. The molecule has 0 radical (unpaired) electrons. The van der Waals surface area contributed by atoms with Crippen LogP contribution >= 0.6 is 11.6 Å². The van der Waals surface area contributed by atoms with Gasteiger partial charge in [0.25, 0.3) is 0 Å². The zero-order valence-electron chi connectivity index (χ0n) is 17.7. The number of hydrogen-bond donors (Lipinski definition) is 0. The van der Waals surface area contributed by atoms with Gasteiger partial charge in [-0.05, 0) is 18.2 Å². The topological polar surface area (TPSA) is 80.8 Å². The van der Waals surface area contributed by atoms with Crippen molar-refractivity contribution in [3.05, 3.63) is 100 Å². The highest BCUT2D eigenvalue weighted by atomic mass is 35.5. The summed E-state index contributed by atoms with van der Waals surface area (Å²) in [6.07, 6.45) is -1.24. The van der Waals surface area contributed by atoms with Gasteiger partial charge in [0.1, 0.15) is 11.6 Å². The maximum Gasteiger partial charge on any atom is 0.241 e. The van der Waals surface area contributed by atoms with Gasteiger partial charge in [-0.3, -0.25) is 19.2 Å². The van der Waals surface area contributed by atoms with Gasteiger partial charge >= 0.3 is 0 Å². The molecule has 3 aromatic carbocycles. The number of rotatable bonds is 2. The first-order valence-electron chi connectivity index (χ1n) is 10.7. The Labute approximate surface area is 202 Å². The highest BCUT2D eigenvalue weighted by molar-refractivity contribution is 6.37. The van der Waals surface area contributed by atoms with E-state index in [-0.39, 0.29) is 16.1 Å². The largest absolute Gasteiger partial charge is 0.349 e. The van der Waals surface area contributed by atoms with E-state index >= 15 is 0 Å². The Kier molecular flexibility index (Phi) is 4.58. The molecule has 0 bridgehead atoms. The third-order valence-corrected chi connectivity index (χ3v) is 7.23. The molecule has 3 aliphatic rings. The molecule has 3 atom stereocenters. The number of halogens is 3. The molecule has 2 fully saturated rings. The third kappa shape index (κ3) is 2.72. The highest BCUT2D eigenvalue weighted by Gasteiger charge is 2.75. The Morgan fingerprint density at radius 3 is 2.09 bits per heavy atom. The predicted octanol–water partition coefficient (Wildman–Crippen LogP) is 4.31. The minimum atomic E-state index is -2.31. The van der Waals surface area contributed by atoms with E-state index in [4.69, 9.17) is 16.3 Å². The molecular weight excluding hydrogens is 480 g/mol. The number of nitrogens with zero attached hydrogens (tertiary/aromatic N) is 1. The maximum atomic E-state index is 14.7. The van der Waals surface area contributed by atoms with Crippen LogP contribution in [0.5, 0.6) is 0 Å². The lowest BCUT2D eigenvalue weighted by molar-refractivity contribution is -0.127. The Hall–Kier alpha value is -3.75. The standard InChI is InChI=1S/C26H14ClF2NO5/c27-16-8-4-3-7-15(16)21-19-20(25(34)30(24(19)33)18-10-9-12(28)11-17(18)29)26(35-21)22(31)13-5-1-2-6-14(13)23(26)32/h1-11,19-21H/t19-,20+,21-/m0/s1. The van der Waals surface area contributed by atoms with Gasteiger partial charge in [0.05, 0.1) is 23.6 Å². The predicted molar refractivity (Wildman–Crippen MR) is 119 cm³/mol. The summed E-state index contributed by atoms with van der Waals surface area (Å²) in [5, 5.41) is 0.204. The molecule has 6 nitrogen and oxygen atoms in total. The molecule has 2 heterocycles. The average Bonchev–Trinajstić information content (AvgIpc) is 3.40. The number of fused-ring (bicyclic) bond motifs is 3. The summed E-state index contributed by atoms with van der Waals surface area (Å²) >= 11 is 6.37. The number of carbonyl (C=O) groups excluding carboxylic acids is 4. The molecular formula is C26H14ClF2NO5. The van der Waals surface area contributed by atoms with Crippen LogP contribution in [-0.4, -0.2) is 29.0 Å². The van der Waals surface area contributed by atoms with Crippen LogP contribution in [0, 0.1) is 23.5 Å². The smallest absolute Gasteiger partial charge is 0.241 e. The van der Waals surface area contributed by atoms with Crippen molar-refractivity contribution in [1.82, 2.24) is 0 Å². The number of anilines is 1. The normalized spacial score (nSPS) is 24.4. The highest BCUT2D eigenvalue weighted by Crippen LogP contribution is 2.58. The van der Waals surface area contributed by atoms with Crippen LogP contribution in [0.3, 0.4) is 0 Å². The van der Waals surface area contributed by atoms with Crippen molar-refractivity contribution >= 4 is 40.7 Å². The molecule has 2 saturated heterocycles. The molecule has 3 aromatic rings. The molecule has 2 amide bonds. The van der Waals surface area contributed by atoms with E-state index < -0.39 is 64.2 Å². The van der Waals surface area contributed by atoms with E-state index in [1.54, 1.807) is 36.4 Å². The molecule has 9 heteroatoms. The van der Waals surface area contributed by atoms with Crippen molar-refractivity contribution in [3.63, 3.8) is 0 Å². The molecule has 35 heavy (non-hydrogen) atoms. The second-order valence-corrected chi connectivity index (χ2v) is 9.02. The Morgan fingerprint density at radius 1 is 0.829 bits per heavy atom.